The predicted octanol–water partition coefficient (Wildman–Crippen LogP) is 2.22. The summed E-state index contributed by atoms with van der Waals surface area (Å²) in [6, 6.07) is 3.80. The lowest BCUT2D eigenvalue weighted by Crippen LogP contribution is -2.43. The fraction of sp³-hybridized carbons (Fsp3) is 0.200. The predicted molar refractivity (Wildman–Crippen MR) is 59.5 cm³/mol. The highest BCUT2D eigenvalue weighted by atomic mass is 79.9. The molecule has 0 spiro atoms. The SMILES string of the molecule is O=C(O)N1CC(=Cc2ccc(Br)nc2)C1. The van der Waals surface area contributed by atoms with Gasteiger partial charge >= 0.3 is 6.09 Å². The van der Waals surface area contributed by atoms with Crippen molar-refractivity contribution in [2.45, 2.75) is 0 Å². The van der Waals surface area contributed by atoms with E-state index in [2.05, 4.69) is 20.9 Å². The fourth-order valence-electron chi connectivity index (χ4n) is 1.38. The van der Waals surface area contributed by atoms with Gasteiger partial charge in [-0.1, -0.05) is 12.1 Å². The second kappa shape index (κ2) is 4.02. The van der Waals surface area contributed by atoms with Gasteiger partial charge in [0.2, 0.25) is 0 Å². The normalized spacial score (nSPS) is 14.7. The van der Waals surface area contributed by atoms with Crippen LogP contribution in [0.3, 0.4) is 0 Å². The second-order valence-electron chi connectivity index (χ2n) is 3.36. The molecule has 1 aromatic rings. The molecule has 1 saturated heterocycles. The molecule has 1 amide bonds. The first kappa shape index (κ1) is 10.2. The molecule has 2 heterocycles. The average Bonchev–Trinajstić information content (AvgIpc) is 2.13. The molecule has 0 saturated carbocycles. The van der Waals surface area contributed by atoms with Crippen molar-refractivity contribution in [2.75, 3.05) is 13.1 Å². The maximum atomic E-state index is 10.5. The molecule has 5 heteroatoms. The van der Waals surface area contributed by atoms with E-state index in [1.165, 1.54) is 4.90 Å². The molecule has 1 aliphatic rings. The summed E-state index contributed by atoms with van der Waals surface area (Å²) in [4.78, 5) is 16.0. The second-order valence-corrected chi connectivity index (χ2v) is 4.17. The molecule has 78 valence electrons. The van der Waals surface area contributed by atoms with Gasteiger partial charge in [0.05, 0.1) is 0 Å². The molecule has 15 heavy (non-hydrogen) atoms. The summed E-state index contributed by atoms with van der Waals surface area (Å²) >= 11 is 3.25. The fourth-order valence-corrected chi connectivity index (χ4v) is 1.61. The van der Waals surface area contributed by atoms with Gasteiger partial charge in [0.15, 0.2) is 0 Å². The minimum atomic E-state index is -0.860. The van der Waals surface area contributed by atoms with E-state index in [1.807, 2.05) is 18.2 Å². The highest BCUT2D eigenvalue weighted by molar-refractivity contribution is 9.10. The zero-order chi connectivity index (χ0) is 10.8. The topological polar surface area (TPSA) is 53.4 Å². The number of likely N-dealkylation sites (tertiary alicyclic amines) is 1. The molecule has 4 nitrogen and oxygen atoms in total. The van der Waals surface area contributed by atoms with Crippen molar-refractivity contribution in [3.63, 3.8) is 0 Å². The highest BCUT2D eigenvalue weighted by Crippen LogP contribution is 2.18. The number of pyridine rings is 1. The Hall–Kier alpha value is -1.36. The summed E-state index contributed by atoms with van der Waals surface area (Å²) < 4.78 is 0.797. The molecule has 1 N–H and O–H groups in total. The van der Waals surface area contributed by atoms with Gasteiger partial charge in [0.1, 0.15) is 4.60 Å². The Balaban J connectivity index is 2.01. The number of hydrogen-bond donors (Lipinski definition) is 1. The first-order chi connectivity index (χ1) is 7.15. The Labute approximate surface area is 95.4 Å². The van der Waals surface area contributed by atoms with E-state index in [0.717, 1.165) is 15.7 Å². The molecular formula is C10H9BrN2O2. The number of nitrogens with zero attached hydrogens (tertiary/aromatic N) is 2. The third kappa shape index (κ3) is 2.36. The van der Waals surface area contributed by atoms with Crippen LogP contribution in [0.1, 0.15) is 5.56 Å². The zero-order valence-corrected chi connectivity index (χ0v) is 9.44. The molecule has 0 bridgehead atoms. The van der Waals surface area contributed by atoms with E-state index < -0.39 is 6.09 Å². The van der Waals surface area contributed by atoms with Gasteiger partial charge < -0.3 is 10.0 Å². The number of rotatable bonds is 1. The standard InChI is InChI=1S/C10H9BrN2O2/c11-9-2-1-7(4-12-9)3-8-5-13(6-8)10(14)15/h1-4H,5-6H2,(H,14,15). The number of halogens is 1. The van der Waals surface area contributed by atoms with Gasteiger partial charge in [-0.25, -0.2) is 9.78 Å². The van der Waals surface area contributed by atoms with Gasteiger partial charge in [-0.05, 0) is 33.1 Å². The molecule has 0 aromatic carbocycles. The Morgan fingerprint density at radius 2 is 2.27 bits per heavy atom. The summed E-state index contributed by atoms with van der Waals surface area (Å²) in [5.41, 5.74) is 2.11. The average molecular weight is 269 g/mol. The van der Waals surface area contributed by atoms with Crippen molar-refractivity contribution in [3.05, 3.63) is 34.1 Å². The van der Waals surface area contributed by atoms with E-state index >= 15 is 0 Å². The van der Waals surface area contributed by atoms with Crippen LogP contribution >= 0.6 is 15.9 Å². The Morgan fingerprint density at radius 3 is 2.80 bits per heavy atom. The van der Waals surface area contributed by atoms with Gasteiger partial charge in [0.25, 0.3) is 0 Å². The van der Waals surface area contributed by atoms with Crippen LogP contribution in [0.2, 0.25) is 0 Å². The van der Waals surface area contributed by atoms with Crippen LogP contribution in [0.15, 0.2) is 28.5 Å². The Bertz CT molecular complexity index is 406. The largest absolute Gasteiger partial charge is 0.465 e. The van der Waals surface area contributed by atoms with Crippen LogP contribution in [-0.2, 0) is 0 Å². The lowest BCUT2D eigenvalue weighted by molar-refractivity contribution is 0.138. The highest BCUT2D eigenvalue weighted by Gasteiger charge is 2.23. The summed E-state index contributed by atoms with van der Waals surface area (Å²) in [7, 11) is 0. The third-order valence-corrected chi connectivity index (χ3v) is 2.65. The number of carbonyl (C=O) groups is 1. The van der Waals surface area contributed by atoms with Crippen molar-refractivity contribution in [1.29, 1.82) is 0 Å². The van der Waals surface area contributed by atoms with E-state index in [9.17, 15) is 4.79 Å². The first-order valence-corrected chi connectivity index (χ1v) is 5.23. The number of amides is 1. The summed E-state index contributed by atoms with van der Waals surface area (Å²) in [5.74, 6) is 0. The van der Waals surface area contributed by atoms with Crippen LogP contribution < -0.4 is 0 Å². The zero-order valence-electron chi connectivity index (χ0n) is 7.85. The van der Waals surface area contributed by atoms with Gasteiger partial charge in [-0.3, -0.25) is 0 Å². The molecule has 0 atom stereocenters. The van der Waals surface area contributed by atoms with Crippen LogP contribution in [0, 0.1) is 0 Å². The summed E-state index contributed by atoms with van der Waals surface area (Å²) in [6.45, 7) is 1.01. The lowest BCUT2D eigenvalue weighted by Gasteiger charge is -2.31. The van der Waals surface area contributed by atoms with Crippen molar-refractivity contribution in [2.24, 2.45) is 0 Å². The quantitative estimate of drug-likeness (QED) is 0.795. The van der Waals surface area contributed by atoms with E-state index in [4.69, 9.17) is 5.11 Å². The van der Waals surface area contributed by atoms with Crippen LogP contribution in [0.4, 0.5) is 4.79 Å². The number of aromatic nitrogens is 1. The Kier molecular flexibility index (Phi) is 2.73. The van der Waals surface area contributed by atoms with E-state index in [1.54, 1.807) is 6.20 Å². The van der Waals surface area contributed by atoms with Crippen molar-refractivity contribution < 1.29 is 9.90 Å². The van der Waals surface area contributed by atoms with E-state index in [-0.39, 0.29) is 0 Å². The van der Waals surface area contributed by atoms with Crippen molar-refractivity contribution >= 4 is 28.1 Å². The summed E-state index contributed by atoms with van der Waals surface area (Å²) in [6.07, 6.45) is 2.86. The number of carboxylic acid groups (broad SMARTS) is 1. The number of hydrogen-bond acceptors (Lipinski definition) is 2. The molecule has 0 unspecified atom stereocenters. The maximum absolute atomic E-state index is 10.5. The molecule has 1 aliphatic heterocycles. The first-order valence-electron chi connectivity index (χ1n) is 4.44. The van der Waals surface area contributed by atoms with E-state index in [0.29, 0.717) is 13.1 Å². The molecular weight excluding hydrogens is 260 g/mol. The Morgan fingerprint density at radius 1 is 1.53 bits per heavy atom. The summed E-state index contributed by atoms with van der Waals surface area (Å²) in [5, 5.41) is 8.63. The van der Waals surface area contributed by atoms with Gasteiger partial charge in [-0.2, -0.15) is 0 Å². The minimum absolute atomic E-state index is 0.505. The van der Waals surface area contributed by atoms with Gasteiger partial charge in [0, 0.05) is 19.3 Å². The maximum Gasteiger partial charge on any atom is 0.407 e. The minimum Gasteiger partial charge on any atom is -0.465 e. The molecule has 1 aromatic heterocycles. The van der Waals surface area contributed by atoms with Crippen LogP contribution in [0.25, 0.3) is 6.08 Å². The molecule has 0 aliphatic carbocycles. The third-order valence-electron chi connectivity index (χ3n) is 2.18. The van der Waals surface area contributed by atoms with Gasteiger partial charge in [-0.15, -0.1) is 0 Å². The lowest BCUT2D eigenvalue weighted by atomic mass is 10.1. The molecule has 1 fully saturated rings. The van der Waals surface area contributed by atoms with Crippen LogP contribution in [0.5, 0.6) is 0 Å². The monoisotopic (exact) mass is 268 g/mol. The van der Waals surface area contributed by atoms with Crippen molar-refractivity contribution in [1.82, 2.24) is 9.88 Å². The molecule has 0 radical (unpaired) electrons. The van der Waals surface area contributed by atoms with Crippen LogP contribution in [-0.4, -0.2) is 34.2 Å². The van der Waals surface area contributed by atoms with Crippen molar-refractivity contribution in [3.8, 4) is 0 Å². The smallest absolute Gasteiger partial charge is 0.407 e. The molecule has 2 rings (SSSR count).